The first-order chi connectivity index (χ1) is 7.00. The van der Waals surface area contributed by atoms with E-state index in [0.717, 1.165) is 13.1 Å². The van der Waals surface area contributed by atoms with Crippen molar-refractivity contribution in [2.45, 2.75) is 38.8 Å². The molecule has 0 aliphatic carbocycles. The predicted octanol–water partition coefficient (Wildman–Crippen LogP) is 1.03. The van der Waals surface area contributed by atoms with Gasteiger partial charge in [0.15, 0.2) is 0 Å². The molecule has 0 radical (unpaired) electrons. The minimum Gasteiger partial charge on any atom is -0.392 e. The summed E-state index contributed by atoms with van der Waals surface area (Å²) in [5, 5.41) is 9.78. The van der Waals surface area contributed by atoms with Crippen LogP contribution in [0, 0.1) is 5.92 Å². The average molecular weight is 214 g/mol. The summed E-state index contributed by atoms with van der Waals surface area (Å²) in [4.78, 5) is 4.69. The smallest absolute Gasteiger partial charge is 0.0689 e. The van der Waals surface area contributed by atoms with Gasteiger partial charge in [0.2, 0.25) is 0 Å². The zero-order chi connectivity index (χ0) is 11.4. The molecule has 1 aliphatic heterocycles. The number of rotatable bonds is 5. The lowest BCUT2D eigenvalue weighted by Crippen LogP contribution is -2.40. The molecule has 90 valence electrons. The monoisotopic (exact) mass is 214 g/mol. The van der Waals surface area contributed by atoms with Crippen molar-refractivity contribution < 1.29 is 5.11 Å². The van der Waals surface area contributed by atoms with E-state index in [-0.39, 0.29) is 6.10 Å². The van der Waals surface area contributed by atoms with Crippen molar-refractivity contribution in [3.63, 3.8) is 0 Å². The molecule has 0 aromatic rings. The van der Waals surface area contributed by atoms with Crippen LogP contribution in [0.3, 0.4) is 0 Å². The number of nitrogens with zero attached hydrogens (tertiary/aromatic N) is 2. The second-order valence-electron chi connectivity index (χ2n) is 5.31. The SMILES string of the molecule is CC(C)C(O)CN(C)CC1CCCN1C. The lowest BCUT2D eigenvalue weighted by Gasteiger charge is -2.28. The van der Waals surface area contributed by atoms with Crippen LogP contribution in [0.2, 0.25) is 0 Å². The third-order valence-corrected chi connectivity index (χ3v) is 3.46. The lowest BCUT2D eigenvalue weighted by molar-refractivity contribution is 0.0778. The molecule has 0 amide bonds. The quantitative estimate of drug-likeness (QED) is 0.740. The fraction of sp³-hybridized carbons (Fsp3) is 1.00. The van der Waals surface area contributed by atoms with E-state index in [1.165, 1.54) is 19.4 Å². The van der Waals surface area contributed by atoms with Crippen LogP contribution in [-0.4, -0.2) is 60.8 Å². The molecule has 0 aromatic heterocycles. The fourth-order valence-electron chi connectivity index (χ4n) is 2.17. The molecule has 0 bridgehead atoms. The zero-order valence-corrected chi connectivity index (χ0v) is 10.6. The highest BCUT2D eigenvalue weighted by Crippen LogP contribution is 2.15. The summed E-state index contributed by atoms with van der Waals surface area (Å²) in [6.07, 6.45) is 2.43. The first kappa shape index (κ1) is 12.9. The van der Waals surface area contributed by atoms with E-state index in [9.17, 15) is 5.11 Å². The summed E-state index contributed by atoms with van der Waals surface area (Å²) >= 11 is 0. The maximum Gasteiger partial charge on any atom is 0.0689 e. The maximum atomic E-state index is 9.78. The molecule has 15 heavy (non-hydrogen) atoms. The van der Waals surface area contributed by atoms with Gasteiger partial charge in [0.1, 0.15) is 0 Å². The second kappa shape index (κ2) is 5.83. The van der Waals surface area contributed by atoms with Gasteiger partial charge in [0.05, 0.1) is 6.10 Å². The standard InChI is InChI=1S/C12H26N2O/c1-10(2)12(15)9-13(3)8-11-6-5-7-14(11)4/h10-12,15H,5-9H2,1-4H3. The van der Waals surface area contributed by atoms with Gasteiger partial charge in [-0.2, -0.15) is 0 Å². The van der Waals surface area contributed by atoms with Crippen LogP contribution < -0.4 is 0 Å². The fourth-order valence-corrected chi connectivity index (χ4v) is 2.17. The Kier molecular flexibility index (Phi) is 5.03. The normalized spacial score (nSPS) is 25.4. The Bertz CT molecular complexity index is 184. The highest BCUT2D eigenvalue weighted by Gasteiger charge is 2.23. The summed E-state index contributed by atoms with van der Waals surface area (Å²) < 4.78 is 0. The topological polar surface area (TPSA) is 26.7 Å². The molecule has 1 N–H and O–H groups in total. The van der Waals surface area contributed by atoms with E-state index in [2.05, 4.69) is 37.7 Å². The average Bonchev–Trinajstić information content (AvgIpc) is 2.51. The number of aliphatic hydroxyl groups is 1. The molecule has 0 saturated carbocycles. The molecule has 1 aliphatic rings. The van der Waals surface area contributed by atoms with Gasteiger partial charge >= 0.3 is 0 Å². The highest BCUT2D eigenvalue weighted by molar-refractivity contribution is 4.79. The Hall–Kier alpha value is -0.120. The Morgan fingerprint density at radius 2 is 2.13 bits per heavy atom. The van der Waals surface area contributed by atoms with Crippen molar-refractivity contribution in [3.05, 3.63) is 0 Å². The molecule has 1 fully saturated rings. The molecule has 1 rings (SSSR count). The van der Waals surface area contributed by atoms with Crippen LogP contribution in [0.15, 0.2) is 0 Å². The number of hydrogen-bond donors (Lipinski definition) is 1. The Morgan fingerprint density at radius 1 is 1.47 bits per heavy atom. The highest BCUT2D eigenvalue weighted by atomic mass is 16.3. The Morgan fingerprint density at radius 3 is 2.60 bits per heavy atom. The summed E-state index contributed by atoms with van der Waals surface area (Å²) in [7, 11) is 4.31. The molecule has 3 heteroatoms. The van der Waals surface area contributed by atoms with Gasteiger partial charge < -0.3 is 14.9 Å². The number of likely N-dealkylation sites (N-methyl/N-ethyl adjacent to an activating group) is 2. The van der Waals surface area contributed by atoms with Crippen LogP contribution >= 0.6 is 0 Å². The van der Waals surface area contributed by atoms with Gasteiger partial charge in [0, 0.05) is 19.1 Å². The summed E-state index contributed by atoms with van der Waals surface area (Å²) in [5.41, 5.74) is 0. The molecular weight excluding hydrogens is 188 g/mol. The molecule has 0 aromatic carbocycles. The van der Waals surface area contributed by atoms with Crippen molar-refractivity contribution in [3.8, 4) is 0 Å². The Labute approximate surface area is 94.1 Å². The van der Waals surface area contributed by atoms with Crippen LogP contribution in [0.4, 0.5) is 0 Å². The molecule has 1 saturated heterocycles. The summed E-state index contributed by atoms with van der Waals surface area (Å²) in [6.45, 7) is 7.24. The van der Waals surface area contributed by atoms with E-state index in [0.29, 0.717) is 12.0 Å². The number of likely N-dealkylation sites (tertiary alicyclic amines) is 1. The van der Waals surface area contributed by atoms with Crippen LogP contribution in [0.5, 0.6) is 0 Å². The van der Waals surface area contributed by atoms with Gasteiger partial charge in [-0.3, -0.25) is 0 Å². The first-order valence-electron chi connectivity index (χ1n) is 6.07. The number of aliphatic hydroxyl groups excluding tert-OH is 1. The number of hydrogen-bond acceptors (Lipinski definition) is 3. The van der Waals surface area contributed by atoms with Gasteiger partial charge in [-0.1, -0.05) is 13.8 Å². The van der Waals surface area contributed by atoms with Gasteiger partial charge in [0.25, 0.3) is 0 Å². The third-order valence-electron chi connectivity index (χ3n) is 3.46. The molecule has 1 heterocycles. The minimum atomic E-state index is -0.193. The van der Waals surface area contributed by atoms with E-state index in [1.54, 1.807) is 0 Å². The van der Waals surface area contributed by atoms with E-state index in [1.807, 2.05) is 0 Å². The summed E-state index contributed by atoms with van der Waals surface area (Å²) in [6, 6.07) is 0.689. The maximum absolute atomic E-state index is 9.78. The second-order valence-corrected chi connectivity index (χ2v) is 5.31. The van der Waals surface area contributed by atoms with Crippen molar-refractivity contribution in [1.29, 1.82) is 0 Å². The van der Waals surface area contributed by atoms with Crippen molar-refractivity contribution in [2.24, 2.45) is 5.92 Å². The van der Waals surface area contributed by atoms with Crippen LogP contribution in [-0.2, 0) is 0 Å². The zero-order valence-electron chi connectivity index (χ0n) is 10.6. The van der Waals surface area contributed by atoms with Gasteiger partial charge in [-0.25, -0.2) is 0 Å². The van der Waals surface area contributed by atoms with Gasteiger partial charge in [-0.05, 0) is 39.4 Å². The predicted molar refractivity (Wildman–Crippen MR) is 64.0 cm³/mol. The third kappa shape index (κ3) is 4.09. The van der Waals surface area contributed by atoms with Crippen LogP contribution in [0.25, 0.3) is 0 Å². The van der Waals surface area contributed by atoms with E-state index >= 15 is 0 Å². The largest absolute Gasteiger partial charge is 0.392 e. The molecule has 2 unspecified atom stereocenters. The molecule has 3 nitrogen and oxygen atoms in total. The first-order valence-corrected chi connectivity index (χ1v) is 6.07. The van der Waals surface area contributed by atoms with Crippen LogP contribution in [0.1, 0.15) is 26.7 Å². The molecular formula is C12H26N2O. The lowest BCUT2D eigenvalue weighted by atomic mass is 10.1. The molecule has 2 atom stereocenters. The molecule has 0 spiro atoms. The van der Waals surface area contributed by atoms with Gasteiger partial charge in [-0.15, -0.1) is 0 Å². The van der Waals surface area contributed by atoms with Crippen molar-refractivity contribution in [1.82, 2.24) is 9.80 Å². The summed E-state index contributed by atoms with van der Waals surface area (Å²) in [5.74, 6) is 0.355. The van der Waals surface area contributed by atoms with E-state index in [4.69, 9.17) is 0 Å². The van der Waals surface area contributed by atoms with Crippen molar-refractivity contribution >= 4 is 0 Å². The minimum absolute atomic E-state index is 0.193. The van der Waals surface area contributed by atoms with Crippen molar-refractivity contribution in [2.75, 3.05) is 33.7 Å². The Balaban J connectivity index is 2.26. The van der Waals surface area contributed by atoms with E-state index < -0.39 is 0 Å².